The monoisotopic (exact) mass is 380 g/mol. The number of aromatic nitrogens is 3. The fourth-order valence-corrected chi connectivity index (χ4v) is 5.11. The fraction of sp³-hybridized carbons (Fsp3) is 0.727. The van der Waals surface area contributed by atoms with Crippen molar-refractivity contribution in [2.75, 3.05) is 13.1 Å². The Morgan fingerprint density at radius 1 is 1.52 bits per heavy atom. The summed E-state index contributed by atoms with van der Waals surface area (Å²) >= 11 is 3.11. The van der Waals surface area contributed by atoms with Crippen molar-refractivity contribution >= 4 is 31.9 Å². The van der Waals surface area contributed by atoms with E-state index in [1.54, 1.807) is 0 Å². The van der Waals surface area contributed by atoms with Gasteiger partial charge in [0.05, 0.1) is 0 Å². The number of aliphatic carboxylic acids is 1. The maximum Gasteiger partial charge on any atom is 0.303 e. The van der Waals surface area contributed by atoms with Crippen LogP contribution in [-0.2, 0) is 21.9 Å². The number of aryl methyl sites for hydroxylation is 1. The molecule has 1 aliphatic rings. The van der Waals surface area contributed by atoms with Crippen LogP contribution in [0.4, 0.5) is 0 Å². The quantitative estimate of drug-likeness (QED) is 0.811. The van der Waals surface area contributed by atoms with E-state index in [2.05, 4.69) is 26.2 Å². The zero-order chi connectivity index (χ0) is 15.6. The highest BCUT2D eigenvalue weighted by Gasteiger charge is 2.34. The smallest absolute Gasteiger partial charge is 0.303 e. The molecule has 0 radical (unpaired) electrons. The molecule has 0 aromatic carbocycles. The summed E-state index contributed by atoms with van der Waals surface area (Å²) < 4.78 is 28.1. The van der Waals surface area contributed by atoms with Crippen LogP contribution in [0.5, 0.6) is 0 Å². The lowest BCUT2D eigenvalue weighted by atomic mass is 9.95. The molecule has 0 bridgehead atoms. The molecular formula is C11H17BrN4O4S. The molecule has 1 saturated heterocycles. The molecule has 0 saturated carbocycles. The van der Waals surface area contributed by atoms with Gasteiger partial charge in [-0.25, -0.2) is 13.1 Å². The van der Waals surface area contributed by atoms with Gasteiger partial charge < -0.3 is 5.11 Å². The second-order valence-corrected chi connectivity index (χ2v) is 7.72. The van der Waals surface area contributed by atoms with Gasteiger partial charge in [-0.15, -0.1) is 5.10 Å². The van der Waals surface area contributed by atoms with Crippen LogP contribution in [0.2, 0.25) is 0 Å². The van der Waals surface area contributed by atoms with E-state index in [-0.39, 0.29) is 22.0 Å². The summed E-state index contributed by atoms with van der Waals surface area (Å²) in [6.07, 6.45) is 2.14. The van der Waals surface area contributed by atoms with E-state index in [9.17, 15) is 13.2 Å². The number of halogens is 1. The van der Waals surface area contributed by atoms with Crippen LogP contribution in [0, 0.1) is 5.92 Å². The molecule has 0 amide bonds. The van der Waals surface area contributed by atoms with Crippen LogP contribution >= 0.6 is 15.9 Å². The maximum atomic E-state index is 12.7. The van der Waals surface area contributed by atoms with Crippen LogP contribution in [0.15, 0.2) is 9.63 Å². The average molecular weight is 381 g/mol. The SMILES string of the molecule is Cn1nnc(Br)c1S(=O)(=O)N1CCCC(CCC(=O)O)C1. The molecule has 21 heavy (non-hydrogen) atoms. The Kier molecular flexibility index (Phi) is 4.99. The molecule has 2 heterocycles. The number of nitrogens with zero attached hydrogens (tertiary/aromatic N) is 4. The Bertz CT molecular complexity index is 611. The van der Waals surface area contributed by atoms with E-state index in [1.165, 1.54) is 16.0 Å². The Labute approximate surface area is 131 Å². The van der Waals surface area contributed by atoms with Crippen molar-refractivity contribution in [1.82, 2.24) is 19.3 Å². The van der Waals surface area contributed by atoms with Gasteiger partial charge in [0.2, 0.25) is 5.03 Å². The van der Waals surface area contributed by atoms with Crippen molar-refractivity contribution in [2.24, 2.45) is 13.0 Å². The van der Waals surface area contributed by atoms with E-state index in [0.717, 1.165) is 12.8 Å². The van der Waals surface area contributed by atoms with E-state index in [1.807, 2.05) is 0 Å². The van der Waals surface area contributed by atoms with Crippen LogP contribution in [0.25, 0.3) is 0 Å². The molecule has 1 unspecified atom stereocenters. The van der Waals surface area contributed by atoms with Crippen molar-refractivity contribution in [2.45, 2.75) is 30.7 Å². The van der Waals surface area contributed by atoms with Gasteiger partial charge in [0.1, 0.15) is 0 Å². The van der Waals surface area contributed by atoms with Crippen molar-refractivity contribution < 1.29 is 18.3 Å². The molecular weight excluding hydrogens is 364 g/mol. The number of hydrogen-bond acceptors (Lipinski definition) is 5. The highest BCUT2D eigenvalue weighted by molar-refractivity contribution is 9.10. The Morgan fingerprint density at radius 3 is 2.81 bits per heavy atom. The molecule has 10 heteroatoms. The molecule has 118 valence electrons. The lowest BCUT2D eigenvalue weighted by Gasteiger charge is -2.31. The predicted molar refractivity (Wildman–Crippen MR) is 77.1 cm³/mol. The lowest BCUT2D eigenvalue weighted by Crippen LogP contribution is -2.40. The van der Waals surface area contributed by atoms with E-state index < -0.39 is 16.0 Å². The first kappa shape index (κ1) is 16.4. The fourth-order valence-electron chi connectivity index (χ4n) is 2.53. The van der Waals surface area contributed by atoms with Crippen molar-refractivity contribution in [3.63, 3.8) is 0 Å². The molecule has 1 aliphatic heterocycles. The van der Waals surface area contributed by atoms with Gasteiger partial charge in [0.25, 0.3) is 10.0 Å². The molecule has 1 aromatic heterocycles. The largest absolute Gasteiger partial charge is 0.481 e. The van der Waals surface area contributed by atoms with Gasteiger partial charge in [-0.3, -0.25) is 4.79 Å². The second-order valence-electron chi connectivity index (χ2n) is 5.11. The summed E-state index contributed by atoms with van der Waals surface area (Å²) in [5, 5.41) is 16.2. The maximum absolute atomic E-state index is 12.7. The summed E-state index contributed by atoms with van der Waals surface area (Å²) in [6, 6.07) is 0. The van der Waals surface area contributed by atoms with Gasteiger partial charge in [-0.2, -0.15) is 4.31 Å². The first-order chi connectivity index (χ1) is 9.82. The van der Waals surface area contributed by atoms with Crippen LogP contribution in [0.3, 0.4) is 0 Å². The highest BCUT2D eigenvalue weighted by Crippen LogP contribution is 2.28. The van der Waals surface area contributed by atoms with Gasteiger partial charge in [0.15, 0.2) is 4.60 Å². The van der Waals surface area contributed by atoms with Crippen LogP contribution in [0.1, 0.15) is 25.7 Å². The van der Waals surface area contributed by atoms with Crippen LogP contribution in [-0.4, -0.2) is 51.9 Å². The lowest BCUT2D eigenvalue weighted by molar-refractivity contribution is -0.137. The first-order valence-corrected chi connectivity index (χ1v) is 8.82. The molecule has 1 aromatic rings. The summed E-state index contributed by atoms with van der Waals surface area (Å²) in [5.41, 5.74) is 0. The average Bonchev–Trinajstić information content (AvgIpc) is 2.76. The van der Waals surface area contributed by atoms with Gasteiger partial charge >= 0.3 is 5.97 Å². The number of carboxylic acids is 1. The molecule has 2 rings (SSSR count). The number of carbonyl (C=O) groups is 1. The third kappa shape index (κ3) is 3.61. The minimum atomic E-state index is -3.67. The zero-order valence-electron chi connectivity index (χ0n) is 11.6. The molecule has 1 N–H and O–H groups in total. The Morgan fingerprint density at radius 2 is 2.24 bits per heavy atom. The Balaban J connectivity index is 2.15. The molecule has 0 aliphatic carbocycles. The van der Waals surface area contributed by atoms with Crippen molar-refractivity contribution in [3.05, 3.63) is 4.60 Å². The van der Waals surface area contributed by atoms with Crippen molar-refractivity contribution in [3.8, 4) is 0 Å². The molecule has 1 fully saturated rings. The normalized spacial score (nSPS) is 20.6. The van der Waals surface area contributed by atoms with Crippen molar-refractivity contribution in [1.29, 1.82) is 0 Å². The minimum Gasteiger partial charge on any atom is -0.481 e. The Hall–Kier alpha value is -1.00. The molecule has 0 spiro atoms. The molecule has 1 atom stereocenters. The standard InChI is InChI=1S/C11H17BrN4O4S/c1-15-11(10(12)13-14-15)21(19,20)16-6-2-3-8(7-16)4-5-9(17)18/h8H,2-7H2,1H3,(H,17,18). The summed E-state index contributed by atoms with van der Waals surface area (Å²) in [4.78, 5) is 10.6. The highest BCUT2D eigenvalue weighted by atomic mass is 79.9. The summed E-state index contributed by atoms with van der Waals surface area (Å²) in [7, 11) is -2.15. The number of sulfonamides is 1. The first-order valence-electron chi connectivity index (χ1n) is 6.59. The third-order valence-corrected chi connectivity index (χ3v) is 6.32. The van der Waals surface area contributed by atoms with E-state index in [4.69, 9.17) is 5.11 Å². The number of hydrogen-bond donors (Lipinski definition) is 1. The van der Waals surface area contributed by atoms with Gasteiger partial charge in [-0.1, -0.05) is 5.21 Å². The van der Waals surface area contributed by atoms with Gasteiger partial charge in [0, 0.05) is 26.6 Å². The number of rotatable bonds is 5. The zero-order valence-corrected chi connectivity index (χ0v) is 14.0. The number of carboxylic acid groups (broad SMARTS) is 1. The van der Waals surface area contributed by atoms with Gasteiger partial charge in [-0.05, 0) is 41.1 Å². The minimum absolute atomic E-state index is 0.0291. The van der Waals surface area contributed by atoms with E-state index >= 15 is 0 Å². The summed E-state index contributed by atoms with van der Waals surface area (Å²) in [6.45, 7) is 0.775. The second kappa shape index (κ2) is 6.41. The third-order valence-electron chi connectivity index (χ3n) is 3.57. The number of piperidine rings is 1. The summed E-state index contributed by atoms with van der Waals surface area (Å²) in [5.74, 6) is -0.779. The topological polar surface area (TPSA) is 105 Å². The predicted octanol–water partition coefficient (Wildman–Crippen LogP) is 0.843. The van der Waals surface area contributed by atoms with Crippen LogP contribution < -0.4 is 0 Å². The molecule has 8 nitrogen and oxygen atoms in total. The van der Waals surface area contributed by atoms with E-state index in [0.29, 0.717) is 19.5 Å².